The molecule has 1 amide bonds. The Morgan fingerprint density at radius 2 is 2.06 bits per heavy atom. The fourth-order valence-electron chi connectivity index (χ4n) is 3.01. The van der Waals surface area contributed by atoms with Crippen molar-refractivity contribution in [2.45, 2.75) is 31.3 Å². The number of aromatic nitrogens is 1. The molecule has 3 aromatic rings. The fourth-order valence-corrected chi connectivity index (χ4v) is 5.51. The Hall–Kier alpha value is -2.80. The zero-order valence-corrected chi connectivity index (χ0v) is 19.2. The van der Waals surface area contributed by atoms with Crippen LogP contribution in [0.1, 0.15) is 40.4 Å². The Morgan fingerprint density at radius 1 is 1.34 bits per heavy atom. The van der Waals surface area contributed by atoms with E-state index < -0.39 is 22.0 Å². The van der Waals surface area contributed by atoms with E-state index in [4.69, 9.17) is 25.6 Å². The number of carbonyl (C=O) groups is 1. The molecule has 0 radical (unpaired) electrons. The number of anilines is 2. The predicted molar refractivity (Wildman–Crippen MR) is 117 cm³/mol. The molecule has 32 heavy (non-hydrogen) atoms. The molecule has 1 aliphatic heterocycles. The number of halogens is 1. The van der Waals surface area contributed by atoms with Crippen LogP contribution < -0.4 is 19.5 Å². The SMILES string of the molecule is CCC(O)c1cc2c(cc1NC(=O)c1sccc1S(=O)(=O)Nc1onc(C)c1Cl)OCO2. The highest BCUT2D eigenvalue weighted by molar-refractivity contribution is 7.93. The van der Waals surface area contributed by atoms with Crippen LogP contribution in [0.15, 0.2) is 33.0 Å². The average molecular weight is 500 g/mol. The third-order valence-electron chi connectivity index (χ3n) is 4.68. The molecule has 1 aliphatic rings. The van der Waals surface area contributed by atoms with E-state index >= 15 is 0 Å². The molecule has 2 aromatic heterocycles. The smallest absolute Gasteiger partial charge is 0.267 e. The summed E-state index contributed by atoms with van der Waals surface area (Å²) in [4.78, 5) is 12.7. The number of benzene rings is 1. The molecule has 0 bridgehead atoms. The van der Waals surface area contributed by atoms with Crippen LogP contribution in [0.25, 0.3) is 0 Å². The quantitative estimate of drug-likeness (QED) is 0.444. The predicted octanol–water partition coefficient (Wildman–Crippen LogP) is 3.92. The van der Waals surface area contributed by atoms with Crippen molar-refractivity contribution in [2.75, 3.05) is 16.8 Å². The first-order valence-corrected chi connectivity index (χ1v) is 12.1. The van der Waals surface area contributed by atoms with Gasteiger partial charge < -0.3 is 24.4 Å². The van der Waals surface area contributed by atoms with Crippen LogP contribution in [0, 0.1) is 6.92 Å². The average Bonchev–Trinajstić information content (AvgIpc) is 3.49. The Balaban J connectivity index is 1.64. The maximum atomic E-state index is 13.0. The molecule has 0 saturated heterocycles. The number of rotatable bonds is 7. The normalized spacial score (nSPS) is 13.8. The highest BCUT2D eigenvalue weighted by Gasteiger charge is 2.28. The highest BCUT2D eigenvalue weighted by Crippen LogP contribution is 2.40. The maximum absolute atomic E-state index is 13.0. The van der Waals surface area contributed by atoms with Gasteiger partial charge in [0, 0.05) is 11.6 Å². The minimum absolute atomic E-state index is 0.0216. The Labute approximate surface area is 192 Å². The number of nitrogens with one attached hydrogen (secondary N) is 2. The Bertz CT molecular complexity index is 1290. The van der Waals surface area contributed by atoms with Crippen LogP contribution in [-0.4, -0.2) is 31.4 Å². The molecule has 4 rings (SSSR count). The number of amides is 1. The number of sulfonamides is 1. The molecule has 10 nitrogen and oxygen atoms in total. The molecular formula is C19H18ClN3O7S2. The van der Waals surface area contributed by atoms with Gasteiger partial charge >= 0.3 is 0 Å². The lowest BCUT2D eigenvalue weighted by atomic mass is 10.0. The first-order valence-electron chi connectivity index (χ1n) is 9.36. The maximum Gasteiger partial charge on any atom is 0.267 e. The van der Waals surface area contributed by atoms with E-state index in [0.717, 1.165) is 11.3 Å². The van der Waals surface area contributed by atoms with Crippen LogP contribution >= 0.6 is 22.9 Å². The number of nitrogens with zero attached hydrogens (tertiary/aromatic N) is 1. The van der Waals surface area contributed by atoms with Crippen molar-refractivity contribution in [1.29, 1.82) is 0 Å². The van der Waals surface area contributed by atoms with Gasteiger partial charge in [0.25, 0.3) is 21.8 Å². The van der Waals surface area contributed by atoms with Crippen molar-refractivity contribution in [3.63, 3.8) is 0 Å². The standard InChI is InChI=1S/C19H18ClN3O7S2/c1-3-12(24)10-6-13-14(29-8-28-13)7-11(10)21-18(25)17-15(4-5-31-17)32(26,27)23-19-16(20)9(2)22-30-19/h4-7,12,23-24H,3,8H2,1-2H3,(H,21,25). The summed E-state index contributed by atoms with van der Waals surface area (Å²) in [5.41, 5.74) is 1.03. The molecule has 0 saturated carbocycles. The largest absolute Gasteiger partial charge is 0.454 e. The van der Waals surface area contributed by atoms with Gasteiger partial charge in [-0.05, 0) is 30.9 Å². The van der Waals surface area contributed by atoms with Crippen molar-refractivity contribution < 1.29 is 32.3 Å². The first kappa shape index (κ1) is 22.4. The molecular weight excluding hydrogens is 482 g/mol. The van der Waals surface area contributed by atoms with Crippen molar-refractivity contribution in [2.24, 2.45) is 0 Å². The number of carbonyl (C=O) groups excluding carboxylic acids is 1. The zero-order chi connectivity index (χ0) is 23.0. The van der Waals surface area contributed by atoms with Crippen molar-refractivity contribution in [3.8, 4) is 11.5 Å². The lowest BCUT2D eigenvalue weighted by molar-refractivity contribution is 0.102. The van der Waals surface area contributed by atoms with Crippen molar-refractivity contribution in [1.82, 2.24) is 5.16 Å². The van der Waals surface area contributed by atoms with Crippen LogP contribution in [0.3, 0.4) is 0 Å². The van der Waals surface area contributed by atoms with Gasteiger partial charge in [-0.15, -0.1) is 11.3 Å². The lowest BCUT2D eigenvalue weighted by Gasteiger charge is -2.16. The van der Waals surface area contributed by atoms with Crippen LogP contribution in [0.2, 0.25) is 5.02 Å². The number of hydrogen-bond acceptors (Lipinski definition) is 9. The second-order valence-electron chi connectivity index (χ2n) is 6.80. The molecule has 3 N–H and O–H groups in total. The lowest BCUT2D eigenvalue weighted by Crippen LogP contribution is -2.19. The van der Waals surface area contributed by atoms with E-state index in [1.54, 1.807) is 19.9 Å². The second kappa shape index (κ2) is 8.62. The Morgan fingerprint density at radius 3 is 2.72 bits per heavy atom. The molecule has 1 aromatic carbocycles. The van der Waals surface area contributed by atoms with Crippen molar-refractivity contribution in [3.05, 3.63) is 44.7 Å². The summed E-state index contributed by atoms with van der Waals surface area (Å²) in [7, 11) is -4.20. The molecule has 0 aliphatic carbocycles. The molecule has 13 heteroatoms. The minimum atomic E-state index is -4.20. The van der Waals surface area contributed by atoms with E-state index in [1.165, 1.54) is 17.5 Å². The Kier molecular flexibility index (Phi) is 6.03. The topological polar surface area (TPSA) is 140 Å². The van der Waals surface area contributed by atoms with Gasteiger partial charge in [-0.1, -0.05) is 23.7 Å². The van der Waals surface area contributed by atoms with Gasteiger partial charge in [-0.3, -0.25) is 4.79 Å². The second-order valence-corrected chi connectivity index (χ2v) is 9.75. The highest BCUT2D eigenvalue weighted by atomic mass is 35.5. The van der Waals surface area contributed by atoms with Gasteiger partial charge in [0.1, 0.15) is 20.5 Å². The number of thiophene rings is 1. The number of ether oxygens (including phenoxy) is 2. The van der Waals surface area contributed by atoms with Crippen LogP contribution in [-0.2, 0) is 10.0 Å². The van der Waals surface area contributed by atoms with E-state index in [0.29, 0.717) is 29.2 Å². The summed E-state index contributed by atoms with van der Waals surface area (Å²) in [5, 5.41) is 18.1. The molecule has 170 valence electrons. The summed E-state index contributed by atoms with van der Waals surface area (Å²) < 4.78 is 43.5. The van der Waals surface area contributed by atoms with Gasteiger partial charge in [-0.2, -0.15) is 0 Å². The summed E-state index contributed by atoms with van der Waals surface area (Å²) in [5.74, 6) is -0.0637. The number of aryl methyl sites for hydroxylation is 1. The minimum Gasteiger partial charge on any atom is -0.454 e. The summed E-state index contributed by atoms with van der Waals surface area (Å²) in [6, 6.07) is 4.42. The van der Waals surface area contributed by atoms with Gasteiger partial charge in [0.2, 0.25) is 6.79 Å². The van der Waals surface area contributed by atoms with Gasteiger partial charge in [0.05, 0.1) is 11.8 Å². The van der Waals surface area contributed by atoms with Crippen LogP contribution in [0.4, 0.5) is 11.6 Å². The molecule has 0 fully saturated rings. The first-order chi connectivity index (χ1) is 15.2. The zero-order valence-electron chi connectivity index (χ0n) is 16.8. The van der Waals surface area contributed by atoms with Gasteiger partial charge in [-0.25, -0.2) is 13.1 Å². The van der Waals surface area contributed by atoms with Gasteiger partial charge in [0.15, 0.2) is 11.5 Å². The third kappa shape index (κ3) is 4.13. The number of hydrogen-bond donors (Lipinski definition) is 3. The molecule has 1 atom stereocenters. The number of fused-ring (bicyclic) bond motifs is 1. The summed E-state index contributed by atoms with van der Waals surface area (Å²) in [6.07, 6.45) is -0.479. The monoisotopic (exact) mass is 499 g/mol. The molecule has 0 spiro atoms. The number of aliphatic hydroxyl groups excluding tert-OH is 1. The third-order valence-corrected chi connectivity index (χ3v) is 7.54. The van der Waals surface area contributed by atoms with E-state index in [-0.39, 0.29) is 33.2 Å². The summed E-state index contributed by atoms with van der Waals surface area (Å²) >= 11 is 6.93. The van der Waals surface area contributed by atoms with E-state index in [1.807, 2.05) is 0 Å². The molecule has 1 unspecified atom stereocenters. The van der Waals surface area contributed by atoms with Crippen molar-refractivity contribution >= 4 is 50.4 Å². The summed E-state index contributed by atoms with van der Waals surface area (Å²) in [6.45, 7) is 3.37. The molecule has 3 heterocycles. The van der Waals surface area contributed by atoms with E-state index in [9.17, 15) is 18.3 Å². The van der Waals surface area contributed by atoms with E-state index in [2.05, 4.69) is 15.2 Å². The fraction of sp³-hybridized carbons (Fsp3) is 0.263. The number of aliphatic hydroxyl groups is 1. The van der Waals surface area contributed by atoms with Crippen LogP contribution in [0.5, 0.6) is 11.5 Å².